The molecule has 2 nitrogen and oxygen atoms in total. The molecule has 0 spiro atoms. The molecule has 0 fully saturated rings. The van der Waals surface area contributed by atoms with Crippen LogP contribution in [0.3, 0.4) is 0 Å². The molecule has 1 aromatic rings. The molecular weight excluding hydrogens is 254 g/mol. The molecule has 1 aromatic carbocycles. The van der Waals surface area contributed by atoms with Gasteiger partial charge in [-0.25, -0.2) is 0 Å². The van der Waals surface area contributed by atoms with E-state index in [2.05, 4.69) is 57.3 Å². The molecule has 0 heterocycles. The van der Waals surface area contributed by atoms with Crippen LogP contribution < -0.4 is 5.32 Å². The second-order valence-electron chi connectivity index (χ2n) is 5.56. The van der Waals surface area contributed by atoms with Gasteiger partial charge in [0, 0.05) is 17.0 Å². The lowest BCUT2D eigenvalue weighted by molar-refractivity contribution is 0.232. The molecule has 0 aliphatic rings. The van der Waals surface area contributed by atoms with E-state index >= 15 is 0 Å². The molecule has 19 heavy (non-hydrogen) atoms. The van der Waals surface area contributed by atoms with E-state index in [0.717, 1.165) is 12.2 Å². The van der Waals surface area contributed by atoms with Crippen LogP contribution in [0.2, 0.25) is 0 Å². The molecule has 0 aromatic heterocycles. The van der Waals surface area contributed by atoms with Gasteiger partial charge >= 0.3 is 0 Å². The molecule has 0 saturated heterocycles. The van der Waals surface area contributed by atoms with E-state index in [-0.39, 0.29) is 12.6 Å². The van der Waals surface area contributed by atoms with Crippen LogP contribution in [0.5, 0.6) is 0 Å². The Morgan fingerprint density at radius 1 is 1.11 bits per heavy atom. The van der Waals surface area contributed by atoms with Crippen molar-refractivity contribution in [2.45, 2.75) is 57.0 Å². The van der Waals surface area contributed by atoms with Crippen molar-refractivity contribution in [2.75, 3.05) is 12.4 Å². The van der Waals surface area contributed by atoms with Crippen molar-refractivity contribution < 1.29 is 5.11 Å². The van der Waals surface area contributed by atoms with Crippen LogP contribution >= 0.6 is 11.8 Å². The first-order valence-corrected chi connectivity index (χ1v) is 8.11. The smallest absolute Gasteiger partial charge is 0.0585 e. The summed E-state index contributed by atoms with van der Waals surface area (Å²) in [5, 5.41) is 12.7. The fraction of sp³-hybridized carbons (Fsp3) is 0.625. The van der Waals surface area contributed by atoms with Gasteiger partial charge in [-0.3, -0.25) is 0 Å². The Balaban J connectivity index is 2.35. The van der Waals surface area contributed by atoms with Crippen molar-refractivity contribution in [3.63, 3.8) is 0 Å². The molecule has 0 amide bonds. The fourth-order valence-electron chi connectivity index (χ4n) is 1.97. The highest BCUT2D eigenvalue weighted by Crippen LogP contribution is 2.22. The molecule has 1 rings (SSSR count). The number of hydrogen-bond donors (Lipinski definition) is 2. The van der Waals surface area contributed by atoms with Crippen molar-refractivity contribution in [3.8, 4) is 0 Å². The van der Waals surface area contributed by atoms with Gasteiger partial charge in [-0.05, 0) is 35.8 Å². The summed E-state index contributed by atoms with van der Waals surface area (Å²) in [7, 11) is 0. The highest BCUT2D eigenvalue weighted by molar-refractivity contribution is 7.99. The van der Waals surface area contributed by atoms with Crippen LogP contribution in [0.4, 0.5) is 0 Å². The van der Waals surface area contributed by atoms with Crippen LogP contribution in [-0.4, -0.2) is 29.5 Å². The average Bonchev–Trinajstić information content (AvgIpc) is 2.37. The molecule has 1 unspecified atom stereocenters. The number of nitrogens with one attached hydrogen (secondary N) is 1. The summed E-state index contributed by atoms with van der Waals surface area (Å²) in [5.74, 6) is 1.62. The predicted molar refractivity (Wildman–Crippen MR) is 85.0 cm³/mol. The molecule has 0 saturated carbocycles. The van der Waals surface area contributed by atoms with E-state index in [0.29, 0.717) is 12.0 Å². The van der Waals surface area contributed by atoms with Crippen molar-refractivity contribution in [3.05, 3.63) is 29.8 Å². The maximum absolute atomic E-state index is 9.30. The predicted octanol–water partition coefficient (Wildman–Crippen LogP) is 3.65. The molecule has 0 aliphatic heterocycles. The minimum Gasteiger partial charge on any atom is -0.395 e. The Bertz CT molecular complexity index is 348. The maximum Gasteiger partial charge on any atom is 0.0585 e. The first-order chi connectivity index (χ1) is 9.02. The van der Waals surface area contributed by atoms with E-state index in [9.17, 15) is 5.11 Å². The Morgan fingerprint density at radius 2 is 1.74 bits per heavy atom. The van der Waals surface area contributed by atoms with Crippen molar-refractivity contribution in [1.82, 2.24) is 5.32 Å². The van der Waals surface area contributed by atoms with Crippen molar-refractivity contribution in [1.29, 1.82) is 0 Å². The van der Waals surface area contributed by atoms with Crippen LogP contribution in [0, 0.1) is 0 Å². The summed E-state index contributed by atoms with van der Waals surface area (Å²) in [4.78, 5) is 1.31. The van der Waals surface area contributed by atoms with Gasteiger partial charge in [0.1, 0.15) is 0 Å². The molecular formula is C16H27NOS. The topological polar surface area (TPSA) is 32.3 Å². The zero-order valence-corrected chi connectivity index (χ0v) is 13.3. The van der Waals surface area contributed by atoms with Gasteiger partial charge in [-0.2, -0.15) is 0 Å². The van der Waals surface area contributed by atoms with E-state index in [1.807, 2.05) is 11.8 Å². The molecule has 0 radical (unpaired) electrons. The Morgan fingerprint density at radius 3 is 2.21 bits per heavy atom. The van der Waals surface area contributed by atoms with Crippen molar-refractivity contribution in [2.24, 2.45) is 0 Å². The molecule has 108 valence electrons. The van der Waals surface area contributed by atoms with Gasteiger partial charge in [0.15, 0.2) is 0 Å². The minimum absolute atomic E-state index is 0.211. The Kier molecular flexibility index (Phi) is 7.51. The monoisotopic (exact) mass is 281 g/mol. The minimum atomic E-state index is 0.211. The SMILES string of the molecule is CC(C)NC(CO)CCSc1ccc(C(C)C)cc1. The number of thioether (sulfide) groups is 1. The van der Waals surface area contributed by atoms with Gasteiger partial charge in [-0.1, -0.05) is 39.8 Å². The quantitative estimate of drug-likeness (QED) is 0.713. The maximum atomic E-state index is 9.30. The summed E-state index contributed by atoms with van der Waals surface area (Å²) < 4.78 is 0. The largest absolute Gasteiger partial charge is 0.395 e. The van der Waals surface area contributed by atoms with Gasteiger partial charge < -0.3 is 10.4 Å². The highest BCUT2D eigenvalue weighted by Gasteiger charge is 2.08. The number of aliphatic hydroxyl groups excluding tert-OH is 1. The summed E-state index contributed by atoms with van der Waals surface area (Å²) in [6, 6.07) is 9.45. The second kappa shape index (κ2) is 8.62. The van der Waals surface area contributed by atoms with Gasteiger partial charge in [0.2, 0.25) is 0 Å². The van der Waals surface area contributed by atoms with Crippen LogP contribution in [0.15, 0.2) is 29.2 Å². The summed E-state index contributed by atoms with van der Waals surface area (Å²) in [5.41, 5.74) is 1.39. The van der Waals surface area contributed by atoms with Crippen molar-refractivity contribution >= 4 is 11.8 Å². The third kappa shape index (κ3) is 6.46. The normalized spacial score (nSPS) is 13.2. The zero-order valence-electron chi connectivity index (χ0n) is 12.5. The van der Waals surface area contributed by atoms with Crippen LogP contribution in [0.1, 0.15) is 45.6 Å². The lowest BCUT2D eigenvalue weighted by Gasteiger charge is -2.18. The van der Waals surface area contributed by atoms with Crippen LogP contribution in [-0.2, 0) is 0 Å². The number of benzene rings is 1. The first kappa shape index (κ1) is 16.5. The van der Waals surface area contributed by atoms with Gasteiger partial charge in [0.05, 0.1) is 6.61 Å². The highest BCUT2D eigenvalue weighted by atomic mass is 32.2. The summed E-state index contributed by atoms with van der Waals surface area (Å²) in [6.45, 7) is 8.86. The summed E-state index contributed by atoms with van der Waals surface area (Å²) >= 11 is 1.86. The fourth-order valence-corrected chi connectivity index (χ4v) is 2.93. The number of aliphatic hydroxyl groups is 1. The molecule has 3 heteroatoms. The standard InChI is InChI=1S/C16H27NOS/c1-12(2)14-5-7-16(8-6-14)19-10-9-15(11-18)17-13(3)4/h5-8,12-13,15,17-18H,9-11H2,1-4H3. The lowest BCUT2D eigenvalue weighted by atomic mass is 10.0. The van der Waals surface area contributed by atoms with E-state index in [1.165, 1.54) is 10.5 Å². The second-order valence-corrected chi connectivity index (χ2v) is 6.73. The van der Waals surface area contributed by atoms with Crippen LogP contribution in [0.25, 0.3) is 0 Å². The third-order valence-corrected chi connectivity index (χ3v) is 4.12. The zero-order chi connectivity index (χ0) is 14.3. The number of hydrogen-bond acceptors (Lipinski definition) is 3. The first-order valence-electron chi connectivity index (χ1n) is 7.12. The van der Waals surface area contributed by atoms with E-state index < -0.39 is 0 Å². The molecule has 2 N–H and O–H groups in total. The average molecular weight is 281 g/mol. The summed E-state index contributed by atoms with van der Waals surface area (Å²) in [6.07, 6.45) is 0.991. The molecule has 0 aliphatic carbocycles. The van der Waals surface area contributed by atoms with E-state index in [1.54, 1.807) is 0 Å². The van der Waals surface area contributed by atoms with E-state index in [4.69, 9.17) is 0 Å². The molecule has 1 atom stereocenters. The molecule has 0 bridgehead atoms. The number of rotatable bonds is 8. The Labute approximate surface area is 122 Å². The Hall–Kier alpha value is -0.510. The van der Waals surface area contributed by atoms with Gasteiger partial charge in [0.25, 0.3) is 0 Å². The lowest BCUT2D eigenvalue weighted by Crippen LogP contribution is -2.37. The van der Waals surface area contributed by atoms with Gasteiger partial charge in [-0.15, -0.1) is 11.8 Å². The third-order valence-electron chi connectivity index (χ3n) is 3.07.